The highest BCUT2D eigenvalue weighted by molar-refractivity contribution is 14.1. The predicted octanol–water partition coefficient (Wildman–Crippen LogP) is 5.43. The van der Waals surface area contributed by atoms with Crippen molar-refractivity contribution in [1.29, 1.82) is 0 Å². The summed E-state index contributed by atoms with van der Waals surface area (Å²) in [7, 11) is 0. The van der Waals surface area contributed by atoms with E-state index in [1.165, 1.54) is 11.3 Å². The fraction of sp³-hybridized carbons (Fsp3) is 0.214. The number of amides is 1. The molecular weight excluding hydrogens is 472 g/mol. The molecule has 0 saturated carbocycles. The Morgan fingerprint density at radius 1 is 1.40 bits per heavy atom. The summed E-state index contributed by atoms with van der Waals surface area (Å²) in [4.78, 5) is 15.5. The molecule has 0 aliphatic heterocycles. The first-order valence-electron chi connectivity index (χ1n) is 5.99. The Bertz CT molecular complexity index is 631. The maximum atomic E-state index is 12.6. The van der Waals surface area contributed by atoms with Crippen molar-refractivity contribution in [2.45, 2.75) is 13.5 Å². The van der Waals surface area contributed by atoms with E-state index in [9.17, 15) is 4.79 Å². The average Bonchev–Trinajstić information content (AvgIpc) is 2.83. The lowest BCUT2D eigenvalue weighted by atomic mass is 10.2. The molecule has 2 nitrogen and oxygen atoms in total. The van der Waals surface area contributed by atoms with Gasteiger partial charge < -0.3 is 4.90 Å². The molecule has 0 saturated heterocycles. The van der Waals surface area contributed by atoms with Gasteiger partial charge in [-0.3, -0.25) is 4.79 Å². The molecule has 0 aliphatic carbocycles. The zero-order valence-corrected chi connectivity index (χ0v) is 16.0. The van der Waals surface area contributed by atoms with Crippen molar-refractivity contribution in [3.63, 3.8) is 0 Å². The number of hydrogen-bond donors (Lipinski definition) is 0. The smallest absolute Gasteiger partial charge is 0.255 e. The van der Waals surface area contributed by atoms with Gasteiger partial charge in [0, 0.05) is 19.5 Å². The van der Waals surface area contributed by atoms with Crippen LogP contribution in [-0.2, 0) is 6.54 Å². The first-order chi connectivity index (χ1) is 9.51. The molecule has 0 unspecified atom stereocenters. The molecule has 1 heterocycles. The van der Waals surface area contributed by atoms with Crippen molar-refractivity contribution in [2.24, 2.45) is 0 Å². The van der Waals surface area contributed by atoms with Crippen LogP contribution in [0.4, 0.5) is 0 Å². The molecule has 0 aliphatic rings. The summed E-state index contributed by atoms with van der Waals surface area (Å²) in [5.41, 5.74) is 0.696. The van der Waals surface area contributed by atoms with E-state index in [0.717, 1.165) is 17.3 Å². The summed E-state index contributed by atoms with van der Waals surface area (Å²) in [6.45, 7) is 3.23. The SMILES string of the molecule is CCN(Cc1ccc(Cl)s1)C(=O)c1cc(I)ccc1Br. The van der Waals surface area contributed by atoms with Crippen LogP contribution in [0.2, 0.25) is 4.34 Å². The third-order valence-corrected chi connectivity index (χ3v) is 5.38. The molecule has 1 aromatic heterocycles. The number of benzene rings is 1. The molecule has 106 valence electrons. The minimum absolute atomic E-state index is 0.0300. The Kier molecular flexibility index (Phi) is 5.89. The van der Waals surface area contributed by atoms with Crippen LogP contribution in [-0.4, -0.2) is 17.4 Å². The number of rotatable bonds is 4. The van der Waals surface area contributed by atoms with Gasteiger partial charge in [-0.2, -0.15) is 0 Å². The van der Waals surface area contributed by atoms with Crippen molar-refractivity contribution < 1.29 is 4.79 Å². The average molecular weight is 485 g/mol. The number of carbonyl (C=O) groups excluding carboxylic acids is 1. The maximum absolute atomic E-state index is 12.6. The highest BCUT2D eigenvalue weighted by atomic mass is 127. The lowest BCUT2D eigenvalue weighted by Crippen LogP contribution is -2.30. The third-order valence-electron chi connectivity index (χ3n) is 2.80. The van der Waals surface area contributed by atoms with Gasteiger partial charge in [0.1, 0.15) is 0 Å². The standard InChI is InChI=1S/C14H12BrClINOS/c1-2-18(8-10-4-6-13(16)20-10)14(19)11-7-9(17)3-5-12(11)15/h3-7H,2,8H2,1H3. The number of hydrogen-bond acceptors (Lipinski definition) is 2. The number of nitrogens with zero attached hydrogens (tertiary/aromatic N) is 1. The fourth-order valence-corrected chi connectivity index (χ4v) is 3.79. The maximum Gasteiger partial charge on any atom is 0.255 e. The highest BCUT2D eigenvalue weighted by Crippen LogP contribution is 2.25. The molecule has 2 rings (SSSR count). The second-order valence-electron chi connectivity index (χ2n) is 4.15. The molecule has 6 heteroatoms. The Morgan fingerprint density at radius 3 is 2.75 bits per heavy atom. The lowest BCUT2D eigenvalue weighted by Gasteiger charge is -2.21. The lowest BCUT2D eigenvalue weighted by molar-refractivity contribution is 0.0753. The molecule has 0 spiro atoms. The van der Waals surface area contributed by atoms with E-state index in [2.05, 4.69) is 38.5 Å². The second-order valence-corrected chi connectivity index (χ2v) is 8.05. The van der Waals surface area contributed by atoms with Gasteiger partial charge in [0.25, 0.3) is 5.91 Å². The highest BCUT2D eigenvalue weighted by Gasteiger charge is 2.18. The molecular formula is C14H12BrClINOS. The van der Waals surface area contributed by atoms with Gasteiger partial charge in [-0.1, -0.05) is 11.6 Å². The van der Waals surface area contributed by atoms with Gasteiger partial charge in [0.2, 0.25) is 0 Å². The van der Waals surface area contributed by atoms with E-state index in [-0.39, 0.29) is 5.91 Å². The predicted molar refractivity (Wildman–Crippen MR) is 96.6 cm³/mol. The van der Waals surface area contributed by atoms with E-state index in [0.29, 0.717) is 18.7 Å². The van der Waals surface area contributed by atoms with Crippen LogP contribution in [0, 0.1) is 3.57 Å². The minimum Gasteiger partial charge on any atom is -0.334 e. The zero-order chi connectivity index (χ0) is 14.7. The Balaban J connectivity index is 2.22. The normalized spacial score (nSPS) is 10.6. The van der Waals surface area contributed by atoms with E-state index in [1.807, 2.05) is 42.2 Å². The summed E-state index contributed by atoms with van der Waals surface area (Å²) in [6.07, 6.45) is 0. The van der Waals surface area contributed by atoms with Crippen molar-refractivity contribution in [3.05, 3.63) is 53.2 Å². The van der Waals surface area contributed by atoms with Crippen molar-refractivity contribution in [1.82, 2.24) is 4.90 Å². The summed E-state index contributed by atoms with van der Waals surface area (Å²) in [5, 5.41) is 0. The molecule has 0 fully saturated rings. The van der Waals surface area contributed by atoms with Gasteiger partial charge in [-0.25, -0.2) is 0 Å². The largest absolute Gasteiger partial charge is 0.334 e. The van der Waals surface area contributed by atoms with Crippen LogP contribution in [0.3, 0.4) is 0 Å². The fourth-order valence-electron chi connectivity index (χ4n) is 1.78. The van der Waals surface area contributed by atoms with Gasteiger partial charge in [0.05, 0.1) is 16.4 Å². The second kappa shape index (κ2) is 7.24. The quantitative estimate of drug-likeness (QED) is 0.530. The van der Waals surface area contributed by atoms with E-state index in [4.69, 9.17) is 11.6 Å². The monoisotopic (exact) mass is 483 g/mol. The summed E-state index contributed by atoms with van der Waals surface area (Å²) in [5.74, 6) is 0.0300. The number of carbonyl (C=O) groups is 1. The number of thiophene rings is 1. The van der Waals surface area contributed by atoms with E-state index < -0.39 is 0 Å². The molecule has 1 aromatic carbocycles. The van der Waals surface area contributed by atoms with Crippen LogP contribution in [0.25, 0.3) is 0 Å². The summed E-state index contributed by atoms with van der Waals surface area (Å²) < 4.78 is 2.62. The molecule has 0 N–H and O–H groups in total. The van der Waals surface area contributed by atoms with Crippen LogP contribution < -0.4 is 0 Å². The third kappa shape index (κ3) is 3.96. The Labute approximate surface area is 149 Å². The molecule has 0 atom stereocenters. The topological polar surface area (TPSA) is 20.3 Å². The van der Waals surface area contributed by atoms with E-state index in [1.54, 1.807) is 0 Å². The van der Waals surface area contributed by atoms with Gasteiger partial charge >= 0.3 is 0 Å². The van der Waals surface area contributed by atoms with Gasteiger partial charge in [0.15, 0.2) is 0 Å². The van der Waals surface area contributed by atoms with Crippen LogP contribution in [0.15, 0.2) is 34.8 Å². The zero-order valence-electron chi connectivity index (χ0n) is 10.7. The first-order valence-corrected chi connectivity index (χ1v) is 9.06. The van der Waals surface area contributed by atoms with Crippen molar-refractivity contribution >= 4 is 67.4 Å². The van der Waals surface area contributed by atoms with Crippen molar-refractivity contribution in [2.75, 3.05) is 6.54 Å². The van der Waals surface area contributed by atoms with E-state index >= 15 is 0 Å². The van der Waals surface area contributed by atoms with Gasteiger partial charge in [-0.15, -0.1) is 11.3 Å². The minimum atomic E-state index is 0.0300. The first kappa shape index (κ1) is 16.3. The molecule has 1 amide bonds. The Morgan fingerprint density at radius 2 is 2.15 bits per heavy atom. The molecule has 0 radical (unpaired) electrons. The molecule has 0 bridgehead atoms. The van der Waals surface area contributed by atoms with Crippen LogP contribution in [0.5, 0.6) is 0 Å². The van der Waals surface area contributed by atoms with Crippen LogP contribution >= 0.6 is 61.5 Å². The van der Waals surface area contributed by atoms with Crippen molar-refractivity contribution in [3.8, 4) is 0 Å². The van der Waals surface area contributed by atoms with Gasteiger partial charge in [-0.05, 0) is 75.8 Å². The summed E-state index contributed by atoms with van der Waals surface area (Å²) in [6, 6.07) is 9.60. The molecule has 2 aromatic rings. The Hall–Kier alpha value is -0.110. The number of halogens is 3. The molecule has 20 heavy (non-hydrogen) atoms. The van der Waals surface area contributed by atoms with Crippen LogP contribution in [0.1, 0.15) is 22.2 Å². The summed E-state index contributed by atoms with van der Waals surface area (Å²) >= 11 is 13.1.